The fourth-order valence-electron chi connectivity index (χ4n) is 3.81. The molecule has 2 saturated heterocycles. The predicted molar refractivity (Wildman–Crippen MR) is 111 cm³/mol. The second-order valence-electron chi connectivity index (χ2n) is 7.38. The lowest BCUT2D eigenvalue weighted by molar-refractivity contribution is -0.112. The fraction of sp³-hybridized carbons (Fsp3) is 0.474. The second kappa shape index (κ2) is 8.49. The van der Waals surface area contributed by atoms with E-state index in [0.717, 1.165) is 12.1 Å². The van der Waals surface area contributed by atoms with E-state index in [4.69, 9.17) is 25.2 Å². The Balaban J connectivity index is 1.60. The number of ether oxygens (including phenoxy) is 2. The van der Waals surface area contributed by atoms with Gasteiger partial charge in [0, 0.05) is 38.6 Å². The van der Waals surface area contributed by atoms with Gasteiger partial charge in [-0.1, -0.05) is 0 Å². The average Bonchev–Trinajstić information content (AvgIpc) is 3.24. The molecule has 2 aliphatic rings. The first kappa shape index (κ1) is 19.7. The third kappa shape index (κ3) is 3.92. The molecule has 0 aromatic carbocycles. The van der Waals surface area contributed by atoms with Crippen molar-refractivity contribution in [3.8, 4) is 11.4 Å². The number of nitrogens with two attached hydrogens (primary N) is 1. The van der Waals surface area contributed by atoms with Gasteiger partial charge < -0.3 is 24.9 Å². The van der Waals surface area contributed by atoms with Crippen molar-refractivity contribution in [3.05, 3.63) is 18.7 Å². The van der Waals surface area contributed by atoms with E-state index < -0.39 is 0 Å². The monoisotopic (exact) mass is 425 g/mol. The molecule has 0 aliphatic carbocycles. The lowest BCUT2D eigenvalue weighted by atomic mass is 10.3. The second-order valence-corrected chi connectivity index (χ2v) is 7.38. The van der Waals surface area contributed by atoms with Gasteiger partial charge in [0.05, 0.1) is 38.3 Å². The van der Waals surface area contributed by atoms with Crippen LogP contribution in [-0.2, 0) is 14.3 Å². The highest BCUT2D eigenvalue weighted by Crippen LogP contribution is 2.29. The molecule has 5 rings (SSSR count). The summed E-state index contributed by atoms with van der Waals surface area (Å²) in [6.45, 7) is 4.85. The minimum Gasteiger partial charge on any atom is -0.378 e. The zero-order valence-electron chi connectivity index (χ0n) is 16.9. The van der Waals surface area contributed by atoms with E-state index in [2.05, 4.69) is 19.9 Å². The van der Waals surface area contributed by atoms with Gasteiger partial charge in [-0.05, 0) is 0 Å². The number of carbonyl (C=O) groups excluding carboxylic acids is 1. The first-order valence-corrected chi connectivity index (χ1v) is 10.2. The van der Waals surface area contributed by atoms with Crippen LogP contribution in [0.2, 0.25) is 0 Å². The van der Waals surface area contributed by atoms with Gasteiger partial charge >= 0.3 is 0 Å². The van der Waals surface area contributed by atoms with Crippen LogP contribution in [0.1, 0.15) is 6.23 Å². The van der Waals surface area contributed by atoms with Gasteiger partial charge in [-0.3, -0.25) is 9.47 Å². The Morgan fingerprint density at radius 3 is 2.68 bits per heavy atom. The Kier molecular flexibility index (Phi) is 5.40. The maximum Gasteiger partial charge on any atom is 0.219 e. The number of hydrogen-bond acceptors (Lipinski definition) is 11. The van der Waals surface area contributed by atoms with Crippen molar-refractivity contribution < 1.29 is 14.3 Å². The summed E-state index contributed by atoms with van der Waals surface area (Å²) in [5.74, 6) is 1.41. The van der Waals surface area contributed by atoms with E-state index in [1.54, 1.807) is 18.7 Å². The van der Waals surface area contributed by atoms with Crippen LogP contribution in [0.3, 0.4) is 0 Å². The number of morpholine rings is 2. The maximum atomic E-state index is 11.0. The molecule has 0 amide bonds. The van der Waals surface area contributed by atoms with E-state index in [0.29, 0.717) is 75.1 Å². The summed E-state index contributed by atoms with van der Waals surface area (Å²) < 4.78 is 13.4. The molecule has 12 heteroatoms. The van der Waals surface area contributed by atoms with Crippen molar-refractivity contribution in [2.75, 3.05) is 63.2 Å². The molecule has 162 valence electrons. The third-order valence-electron chi connectivity index (χ3n) is 5.42. The number of nitrogens with zero attached hydrogens (tertiary/aromatic N) is 8. The van der Waals surface area contributed by atoms with E-state index in [9.17, 15) is 4.79 Å². The Morgan fingerprint density at radius 2 is 1.90 bits per heavy atom. The van der Waals surface area contributed by atoms with E-state index in [-0.39, 0.29) is 12.2 Å². The van der Waals surface area contributed by atoms with Crippen LogP contribution in [0.5, 0.6) is 0 Å². The third-order valence-corrected chi connectivity index (χ3v) is 5.42. The topological polar surface area (TPSA) is 137 Å². The van der Waals surface area contributed by atoms with E-state index in [1.807, 2.05) is 9.47 Å². The summed E-state index contributed by atoms with van der Waals surface area (Å²) in [5.41, 5.74) is 7.64. The van der Waals surface area contributed by atoms with Crippen LogP contribution in [0.15, 0.2) is 18.7 Å². The van der Waals surface area contributed by atoms with Crippen molar-refractivity contribution >= 4 is 29.2 Å². The largest absolute Gasteiger partial charge is 0.378 e. The molecule has 0 saturated carbocycles. The van der Waals surface area contributed by atoms with E-state index >= 15 is 0 Å². The molecular weight excluding hydrogens is 402 g/mol. The predicted octanol–water partition coefficient (Wildman–Crippen LogP) is -0.268. The Bertz CT molecular complexity index is 1070. The summed E-state index contributed by atoms with van der Waals surface area (Å²) in [6, 6.07) is 0. The first-order valence-electron chi connectivity index (χ1n) is 10.2. The molecule has 5 heterocycles. The lowest BCUT2D eigenvalue weighted by Gasteiger charge is -2.32. The molecular formula is C19H23N9O3. The molecule has 1 unspecified atom stereocenters. The molecule has 2 N–H and O–H groups in total. The first-order chi connectivity index (χ1) is 15.2. The quantitative estimate of drug-likeness (QED) is 0.541. The van der Waals surface area contributed by atoms with Crippen LogP contribution in [-0.4, -0.2) is 93.2 Å². The fourth-order valence-corrected chi connectivity index (χ4v) is 3.81. The molecule has 2 aliphatic heterocycles. The average molecular weight is 425 g/mol. The van der Waals surface area contributed by atoms with Gasteiger partial charge in [-0.25, -0.2) is 24.9 Å². The normalized spacial score (nSPS) is 20.3. The molecule has 0 radical (unpaired) electrons. The summed E-state index contributed by atoms with van der Waals surface area (Å²) >= 11 is 0. The van der Waals surface area contributed by atoms with Gasteiger partial charge in [-0.15, -0.1) is 0 Å². The zero-order chi connectivity index (χ0) is 21.2. The smallest absolute Gasteiger partial charge is 0.219 e. The highest BCUT2D eigenvalue weighted by Gasteiger charge is 2.27. The van der Waals surface area contributed by atoms with Crippen LogP contribution in [0, 0.1) is 0 Å². The van der Waals surface area contributed by atoms with Crippen LogP contribution in [0.25, 0.3) is 22.6 Å². The number of nitrogen functional groups attached to an aromatic ring is 1. The molecule has 1 atom stereocenters. The molecule has 3 aromatic rings. The number of rotatable bonds is 5. The van der Waals surface area contributed by atoms with Crippen molar-refractivity contribution in [3.63, 3.8) is 0 Å². The molecule has 12 nitrogen and oxygen atoms in total. The zero-order valence-corrected chi connectivity index (χ0v) is 16.9. The van der Waals surface area contributed by atoms with E-state index in [1.165, 1.54) is 0 Å². The van der Waals surface area contributed by atoms with Crippen LogP contribution >= 0.6 is 0 Å². The standard InChI is InChI=1S/C19H23N9O3/c20-19-21-9-13(10-22-19)16-24-17(27-3-6-30-7-4-27)15-18(25-16)28(12-23-15)14-11-26(1-5-29)2-8-31-14/h5,9-10,12,14H,1-4,6-8,11H2,(H2,20,21,22). The number of imidazole rings is 1. The Labute approximate surface area is 178 Å². The summed E-state index contributed by atoms with van der Waals surface area (Å²) in [5, 5.41) is 0. The maximum absolute atomic E-state index is 11.0. The minimum atomic E-state index is -0.304. The highest BCUT2D eigenvalue weighted by molar-refractivity contribution is 5.85. The van der Waals surface area contributed by atoms with Crippen LogP contribution < -0.4 is 10.6 Å². The number of aromatic nitrogens is 6. The van der Waals surface area contributed by atoms with Gasteiger partial charge in [-0.2, -0.15) is 0 Å². The number of hydrogen-bond donors (Lipinski definition) is 1. The van der Waals surface area contributed by atoms with Crippen LogP contribution in [0.4, 0.5) is 11.8 Å². The summed E-state index contributed by atoms with van der Waals surface area (Å²) in [6.07, 6.45) is 5.54. The van der Waals surface area contributed by atoms with Gasteiger partial charge in [0.1, 0.15) is 12.5 Å². The Hall–Kier alpha value is -3.22. The SMILES string of the molecule is Nc1ncc(-c2nc(N3CCOCC3)c3ncn(C4CN(CC=O)CCO4)c3n2)cn1. The van der Waals surface area contributed by atoms with Crippen molar-refractivity contribution in [2.24, 2.45) is 0 Å². The number of fused-ring (bicyclic) bond motifs is 1. The molecule has 0 spiro atoms. The number of carbonyl (C=O) groups is 1. The van der Waals surface area contributed by atoms with Crippen molar-refractivity contribution in [2.45, 2.75) is 6.23 Å². The van der Waals surface area contributed by atoms with Gasteiger partial charge in [0.15, 0.2) is 22.8 Å². The van der Waals surface area contributed by atoms with Gasteiger partial charge in [0.2, 0.25) is 5.95 Å². The Morgan fingerprint density at radius 1 is 1.10 bits per heavy atom. The minimum absolute atomic E-state index is 0.189. The molecule has 2 fully saturated rings. The molecule has 3 aromatic heterocycles. The van der Waals surface area contributed by atoms with Gasteiger partial charge in [0.25, 0.3) is 0 Å². The van der Waals surface area contributed by atoms with Crippen molar-refractivity contribution in [1.82, 2.24) is 34.4 Å². The highest BCUT2D eigenvalue weighted by atomic mass is 16.5. The lowest BCUT2D eigenvalue weighted by Crippen LogP contribution is -2.41. The van der Waals surface area contributed by atoms with Crippen molar-refractivity contribution in [1.29, 1.82) is 0 Å². The molecule has 31 heavy (non-hydrogen) atoms. The number of anilines is 2. The number of aldehydes is 1. The summed E-state index contributed by atoms with van der Waals surface area (Å²) in [4.78, 5) is 37.5. The summed E-state index contributed by atoms with van der Waals surface area (Å²) in [7, 11) is 0. The molecule has 0 bridgehead atoms.